The van der Waals surface area contributed by atoms with E-state index in [9.17, 15) is 132 Å². The predicted molar refractivity (Wildman–Crippen MR) is 440 cm³/mol. The van der Waals surface area contributed by atoms with Crippen LogP contribution >= 0.6 is 0 Å². The lowest BCUT2D eigenvalue weighted by molar-refractivity contribution is -0.191. The maximum atomic E-state index is 14.7. The summed E-state index contributed by atoms with van der Waals surface area (Å²) in [6, 6.07) is -12.7. The summed E-state index contributed by atoms with van der Waals surface area (Å²) >= 11 is 0. The van der Waals surface area contributed by atoms with Gasteiger partial charge in [-0.15, -0.1) is 0 Å². The number of nitrogens with two attached hydrogens (primary N) is 3. The molecule has 46 heteroatoms. The predicted octanol–water partition coefficient (Wildman–Crippen LogP) is -9.16. The van der Waals surface area contributed by atoms with Crippen LogP contribution in [-0.2, 0) is 101 Å². The minimum absolute atomic E-state index is 0.00850. The molecule has 46 nitrogen and oxygen atoms in total. The highest BCUT2D eigenvalue weighted by molar-refractivity contribution is 6.31. The van der Waals surface area contributed by atoms with Gasteiger partial charge in [0.2, 0.25) is 101 Å². The van der Waals surface area contributed by atoms with E-state index < -0.39 is 297 Å². The van der Waals surface area contributed by atoms with E-state index in [1.807, 2.05) is 0 Å². The number of aromatic hydroxyl groups is 2. The Morgan fingerprint density at radius 2 is 1.06 bits per heavy atom. The van der Waals surface area contributed by atoms with Crippen molar-refractivity contribution >= 4 is 106 Å². The molecule has 0 saturated carbocycles. The summed E-state index contributed by atoms with van der Waals surface area (Å²) < 4.78 is 18.0. The second-order valence-electron chi connectivity index (χ2n) is 31.6. The van der Waals surface area contributed by atoms with Gasteiger partial charge in [0.15, 0.2) is 11.6 Å². The molecule has 1 unspecified atom stereocenters. The normalized spacial score (nSPS) is 19.4. The number of rotatable bonds is 47. The molecule has 698 valence electrons. The zero-order valence-corrected chi connectivity index (χ0v) is 71.3. The van der Waals surface area contributed by atoms with E-state index in [2.05, 4.69) is 69.1 Å². The number of aliphatic hydroxyl groups is 7. The SMILES string of the molecule is COc1cccc2c1C(=O)c1c(OC3C[C@@H](NC(=O)[C@H](CC(C)C)NC(=O)[C@@H](NC(=O)[C@H](CO)NC(=O)[C@H](C)NC(=O)[C@H](CO)NC(=O)[C@H](CCC(N)=O)NC(=O)[C@H](Cc4ccc(O)cc4)NC(=O)[C@H](CO)NC(=O)[C@H](C)NC(=O)[C@H](CCCCN)NC(=O)[C@H](CC(N)=O)NC(=O)[C@H](C)NC(C)=O)[C@@H](C)O)[C@@H](O)[C@@H](C)O3)c3c(c(O)c1C2=O)C[C@@](O)(C(=O)CO)CC3. The Bertz CT molecular complexity index is 4590. The molecule has 3 aliphatic rings. The van der Waals surface area contributed by atoms with Crippen molar-refractivity contribution in [1.82, 2.24) is 69.1 Å². The highest BCUT2D eigenvalue weighted by Crippen LogP contribution is 2.49. The summed E-state index contributed by atoms with van der Waals surface area (Å²) in [5, 5.41) is 127. The Hall–Kier alpha value is -12.4. The lowest BCUT2D eigenvalue weighted by Crippen LogP contribution is -2.63. The summed E-state index contributed by atoms with van der Waals surface area (Å²) in [7, 11) is 1.26. The molecule has 127 heavy (non-hydrogen) atoms. The molecule has 1 fully saturated rings. The van der Waals surface area contributed by atoms with E-state index in [0.717, 1.165) is 27.7 Å². The van der Waals surface area contributed by atoms with Crippen LogP contribution in [-0.4, -0.2) is 301 Å². The molecule has 1 heterocycles. The fourth-order valence-electron chi connectivity index (χ4n) is 14.1. The molecule has 3 aromatic carbocycles. The third-order valence-electron chi connectivity index (χ3n) is 21.1. The van der Waals surface area contributed by atoms with Crippen molar-refractivity contribution in [3.8, 4) is 23.0 Å². The van der Waals surface area contributed by atoms with E-state index in [1.54, 1.807) is 13.8 Å². The Labute approximate surface area is 727 Å². The third kappa shape index (κ3) is 28.0. The first-order chi connectivity index (χ1) is 59.8. The first-order valence-corrected chi connectivity index (χ1v) is 40.8. The highest BCUT2D eigenvalue weighted by Gasteiger charge is 2.49. The summed E-state index contributed by atoms with van der Waals surface area (Å²) in [6.07, 6.45) is -9.81. The van der Waals surface area contributed by atoms with Crippen LogP contribution in [0.25, 0.3) is 0 Å². The molecule has 1 aliphatic heterocycles. The number of carbonyl (C=O) groups excluding carboxylic acids is 18. The second-order valence-corrected chi connectivity index (χ2v) is 31.6. The molecule has 0 radical (unpaired) electrons. The van der Waals surface area contributed by atoms with Crippen LogP contribution in [0.4, 0.5) is 0 Å². The lowest BCUT2D eigenvalue weighted by atomic mass is 9.73. The number of benzene rings is 3. The number of unbranched alkanes of at least 4 members (excludes halogenated alkanes) is 1. The molecule has 2 aliphatic carbocycles. The van der Waals surface area contributed by atoms with Crippen LogP contribution < -0.4 is 95.8 Å². The molecule has 6 rings (SSSR count). The fraction of sp³-hybridized carbons (Fsp3) is 0.556. The van der Waals surface area contributed by atoms with Crippen molar-refractivity contribution < 1.29 is 146 Å². The number of amides is 15. The topological polar surface area (TPSA) is 751 Å². The van der Waals surface area contributed by atoms with Gasteiger partial charge in [0.05, 0.1) is 68.3 Å². The molecule has 1 saturated heterocycles. The fourth-order valence-corrected chi connectivity index (χ4v) is 14.1. The number of aliphatic hydroxyl groups excluding tert-OH is 6. The molecule has 18 atom stereocenters. The van der Waals surface area contributed by atoms with Crippen LogP contribution in [0.1, 0.15) is 162 Å². The number of fused-ring (bicyclic) bond motifs is 3. The maximum absolute atomic E-state index is 14.7. The second kappa shape index (κ2) is 47.2. The van der Waals surface area contributed by atoms with E-state index in [0.29, 0.717) is 6.42 Å². The van der Waals surface area contributed by atoms with Gasteiger partial charge in [-0.3, -0.25) is 86.3 Å². The molecule has 28 N–H and O–H groups in total. The summed E-state index contributed by atoms with van der Waals surface area (Å²) in [5.41, 5.74) is 13.0. The largest absolute Gasteiger partial charge is 0.508 e. The van der Waals surface area contributed by atoms with Crippen molar-refractivity contribution in [1.29, 1.82) is 0 Å². The quantitative estimate of drug-likeness (QED) is 0.0183. The van der Waals surface area contributed by atoms with E-state index in [4.69, 9.17) is 31.4 Å². The number of carbonyl (C=O) groups is 18. The smallest absolute Gasteiger partial charge is 0.245 e. The summed E-state index contributed by atoms with van der Waals surface area (Å²) in [6.45, 7) is 5.92. The minimum Gasteiger partial charge on any atom is -0.508 e. The van der Waals surface area contributed by atoms with Crippen LogP contribution in [0.5, 0.6) is 23.0 Å². The van der Waals surface area contributed by atoms with Gasteiger partial charge in [0, 0.05) is 49.3 Å². The standard InChI is InChI=1S/C81H114N16O30/c1-34(2)25-49(74(117)90-48-28-59(126-39(7)64(48)108)127-68-43-22-23-81(124,56(105)33-101)29-45(43)66(110)61-62(68)67(111)60-44(65(61)109)13-12-15-55(60)125-9)93-80(123)63(38(6)102)97-79(122)54(32-100)95-71(114)37(5)87-77(120)52(30-98)96-73(116)47(20-21-57(83)106)89-75(118)50(26-41-16-18-42(104)19-17-41)92-78(121)53(31-99)94-70(113)36(4)86-72(115)46(14-10-11-24-82)88-76(119)51(27-58(84)107)91-69(112)35(3)85-40(8)103/h12-13,15-19,34-39,46-54,59,63-64,98-102,104,108,110,124H,10-11,14,20-33,82H2,1-9H3,(H2,83,106)(H2,84,107)(H,85,103)(H,86,115)(H,87,120)(H,88,119)(H,89,118)(H,90,117)(H,91,112)(H,92,121)(H,93,123)(H,94,113)(H,95,114)(H,96,116)(H,97,122)/t35-,36-,37-,38+,39+,46-,47-,48+,49-,50-,51-,52-,53-,54-,59?,63-,64-,81+/m0/s1. The van der Waals surface area contributed by atoms with Gasteiger partial charge in [-0.25, -0.2) is 0 Å². The summed E-state index contributed by atoms with van der Waals surface area (Å²) in [5.74, 6) is -20.9. The first kappa shape index (κ1) is 103. The molecule has 3 aromatic rings. The zero-order valence-electron chi connectivity index (χ0n) is 71.3. The Balaban J connectivity index is 1.10. The van der Waals surface area contributed by atoms with Crippen LogP contribution in [0.2, 0.25) is 0 Å². The monoisotopic (exact) mass is 1790 g/mol. The van der Waals surface area contributed by atoms with Crippen molar-refractivity contribution in [3.05, 3.63) is 81.4 Å². The van der Waals surface area contributed by atoms with Gasteiger partial charge in [-0.1, -0.05) is 38.1 Å². The number of methoxy groups -OCH3 is 1. The van der Waals surface area contributed by atoms with E-state index in [-0.39, 0.29) is 89.6 Å². The highest BCUT2D eigenvalue weighted by atomic mass is 16.7. The average Bonchev–Trinajstić information content (AvgIpc) is 0.711. The minimum atomic E-state index is -2.22. The number of phenolic OH excluding ortho intramolecular Hbond substituents is 2. The molecular weight excluding hydrogens is 1680 g/mol. The molecule has 0 aromatic heterocycles. The lowest BCUT2D eigenvalue weighted by Gasteiger charge is -2.40. The van der Waals surface area contributed by atoms with Crippen molar-refractivity contribution in [2.24, 2.45) is 23.1 Å². The van der Waals surface area contributed by atoms with Crippen molar-refractivity contribution in [2.45, 2.75) is 241 Å². The third-order valence-corrected chi connectivity index (χ3v) is 21.1. The van der Waals surface area contributed by atoms with Gasteiger partial charge in [0.25, 0.3) is 0 Å². The molecule has 0 bridgehead atoms. The maximum Gasteiger partial charge on any atom is 0.245 e. The van der Waals surface area contributed by atoms with E-state index in [1.165, 1.54) is 63.4 Å². The van der Waals surface area contributed by atoms with Crippen LogP contribution in [0, 0.1) is 5.92 Å². The number of ether oxygens (including phenoxy) is 3. The number of Topliss-reactive ketones (excluding diaryl/α,β-unsaturated/α-hetero) is 1. The van der Waals surface area contributed by atoms with E-state index >= 15 is 0 Å². The number of ketones is 3. The Morgan fingerprint density at radius 1 is 0.559 bits per heavy atom. The molecule has 15 amide bonds. The zero-order chi connectivity index (χ0) is 94.9. The number of hydrogen-bond donors (Lipinski definition) is 25. The number of nitrogens with one attached hydrogen (secondary N) is 13. The number of primary amides is 2. The van der Waals surface area contributed by atoms with Gasteiger partial charge >= 0.3 is 0 Å². The molecule has 0 spiro atoms. The van der Waals surface area contributed by atoms with Crippen LogP contribution in [0.15, 0.2) is 42.5 Å². The average molecular weight is 1790 g/mol. The summed E-state index contributed by atoms with van der Waals surface area (Å²) in [4.78, 5) is 244. The Kier molecular flexibility index (Phi) is 38.4. The van der Waals surface area contributed by atoms with Crippen molar-refractivity contribution in [2.75, 3.05) is 40.1 Å². The number of phenols is 2. The molecular formula is C81H114N16O30. The van der Waals surface area contributed by atoms with Gasteiger partial charge < -0.3 is 146 Å². The van der Waals surface area contributed by atoms with Crippen molar-refractivity contribution in [3.63, 3.8) is 0 Å². The van der Waals surface area contributed by atoms with Gasteiger partial charge in [0.1, 0.15) is 114 Å². The van der Waals surface area contributed by atoms with Gasteiger partial charge in [-0.2, -0.15) is 0 Å². The number of hydrogen-bond acceptors (Lipinski definition) is 31. The first-order valence-electron chi connectivity index (χ1n) is 40.8. The van der Waals surface area contributed by atoms with Gasteiger partial charge in [-0.05, 0) is 116 Å². The van der Waals surface area contributed by atoms with Crippen LogP contribution in [0.3, 0.4) is 0 Å². The Morgan fingerprint density at radius 3 is 1.58 bits per heavy atom.